The highest BCUT2D eigenvalue weighted by atomic mass is 16.5. The summed E-state index contributed by atoms with van der Waals surface area (Å²) in [5.74, 6) is 0.999. The molecule has 5 nitrogen and oxygen atoms in total. The standard InChI is InChI=1S/C23H31N3O2/c1-19(8-9-20-6-4-3-5-7-20)24-23(27)18-25-14-16-26(17-15-25)21-10-12-22(28-2)13-11-21/h3-7,10-13,19H,8-9,14-18H2,1-2H3,(H,24,27). The summed E-state index contributed by atoms with van der Waals surface area (Å²) in [6.45, 7) is 6.23. The highest BCUT2D eigenvalue weighted by molar-refractivity contribution is 5.78. The lowest BCUT2D eigenvalue weighted by Crippen LogP contribution is -2.50. The van der Waals surface area contributed by atoms with Gasteiger partial charge in [0.05, 0.1) is 13.7 Å². The Hall–Kier alpha value is -2.53. The van der Waals surface area contributed by atoms with Crippen molar-refractivity contribution in [2.75, 3.05) is 44.7 Å². The van der Waals surface area contributed by atoms with Crippen molar-refractivity contribution in [1.29, 1.82) is 0 Å². The summed E-state index contributed by atoms with van der Waals surface area (Å²) in [4.78, 5) is 17.0. The molecule has 1 saturated heterocycles. The monoisotopic (exact) mass is 381 g/mol. The molecule has 28 heavy (non-hydrogen) atoms. The summed E-state index contributed by atoms with van der Waals surface area (Å²) in [6, 6.07) is 18.8. The number of anilines is 1. The first-order valence-corrected chi connectivity index (χ1v) is 10.1. The van der Waals surface area contributed by atoms with Gasteiger partial charge >= 0.3 is 0 Å². The Bertz CT molecular complexity index is 725. The van der Waals surface area contributed by atoms with Gasteiger partial charge in [0.2, 0.25) is 5.91 Å². The van der Waals surface area contributed by atoms with Crippen LogP contribution in [0, 0.1) is 0 Å². The van der Waals surface area contributed by atoms with Crippen LogP contribution < -0.4 is 15.0 Å². The molecule has 0 radical (unpaired) electrons. The number of carbonyl (C=O) groups excluding carboxylic acids is 1. The first kappa shape index (κ1) is 20.2. The van der Waals surface area contributed by atoms with Gasteiger partial charge in [-0.1, -0.05) is 30.3 Å². The van der Waals surface area contributed by atoms with Gasteiger partial charge in [0.15, 0.2) is 0 Å². The summed E-state index contributed by atoms with van der Waals surface area (Å²) in [6.07, 6.45) is 1.95. The third-order valence-electron chi connectivity index (χ3n) is 5.29. The van der Waals surface area contributed by atoms with Gasteiger partial charge < -0.3 is 15.0 Å². The normalized spacial score (nSPS) is 15.9. The Morgan fingerprint density at radius 3 is 2.36 bits per heavy atom. The number of carbonyl (C=O) groups is 1. The number of methoxy groups -OCH3 is 1. The van der Waals surface area contributed by atoms with Gasteiger partial charge in [0.25, 0.3) is 0 Å². The molecule has 0 spiro atoms. The molecule has 1 fully saturated rings. The van der Waals surface area contributed by atoms with Gasteiger partial charge in [-0.2, -0.15) is 0 Å². The van der Waals surface area contributed by atoms with E-state index in [-0.39, 0.29) is 11.9 Å². The number of aryl methyl sites for hydroxylation is 1. The number of piperazine rings is 1. The van der Waals surface area contributed by atoms with Crippen LogP contribution in [0.5, 0.6) is 5.75 Å². The second kappa shape index (κ2) is 10.1. The van der Waals surface area contributed by atoms with Crippen molar-refractivity contribution in [2.24, 2.45) is 0 Å². The molecule has 1 N–H and O–H groups in total. The second-order valence-corrected chi connectivity index (χ2v) is 7.45. The van der Waals surface area contributed by atoms with E-state index in [1.165, 1.54) is 11.3 Å². The molecule has 150 valence electrons. The molecule has 2 aromatic rings. The summed E-state index contributed by atoms with van der Waals surface area (Å²) >= 11 is 0. The lowest BCUT2D eigenvalue weighted by Gasteiger charge is -2.36. The Kier molecular flexibility index (Phi) is 7.31. The largest absolute Gasteiger partial charge is 0.497 e. The fraction of sp³-hybridized carbons (Fsp3) is 0.435. The van der Waals surface area contributed by atoms with Crippen LogP contribution in [0.15, 0.2) is 54.6 Å². The van der Waals surface area contributed by atoms with E-state index in [2.05, 4.69) is 58.4 Å². The zero-order valence-electron chi connectivity index (χ0n) is 16.9. The van der Waals surface area contributed by atoms with Crippen LogP contribution in [0.2, 0.25) is 0 Å². The Morgan fingerprint density at radius 1 is 1.04 bits per heavy atom. The lowest BCUT2D eigenvalue weighted by molar-refractivity contribution is -0.122. The van der Waals surface area contributed by atoms with E-state index >= 15 is 0 Å². The van der Waals surface area contributed by atoms with Crippen LogP contribution in [0.25, 0.3) is 0 Å². The maximum Gasteiger partial charge on any atom is 0.234 e. The molecule has 1 heterocycles. The highest BCUT2D eigenvalue weighted by Gasteiger charge is 2.20. The van der Waals surface area contributed by atoms with Crippen molar-refractivity contribution in [1.82, 2.24) is 10.2 Å². The van der Waals surface area contributed by atoms with E-state index in [0.717, 1.165) is 44.8 Å². The molecule has 1 unspecified atom stereocenters. The molecule has 0 saturated carbocycles. The third kappa shape index (κ3) is 5.99. The molecule has 0 aliphatic carbocycles. The molecule has 1 atom stereocenters. The second-order valence-electron chi connectivity index (χ2n) is 7.45. The van der Waals surface area contributed by atoms with E-state index < -0.39 is 0 Å². The smallest absolute Gasteiger partial charge is 0.234 e. The topological polar surface area (TPSA) is 44.8 Å². The fourth-order valence-electron chi connectivity index (χ4n) is 3.58. The van der Waals surface area contributed by atoms with Crippen LogP contribution in [-0.4, -0.2) is 56.7 Å². The minimum Gasteiger partial charge on any atom is -0.497 e. The predicted molar refractivity (Wildman–Crippen MR) is 114 cm³/mol. The molecular formula is C23H31N3O2. The summed E-state index contributed by atoms with van der Waals surface area (Å²) in [7, 11) is 1.68. The number of benzene rings is 2. The minimum atomic E-state index is 0.124. The summed E-state index contributed by atoms with van der Waals surface area (Å²) in [5.41, 5.74) is 2.53. The number of ether oxygens (including phenoxy) is 1. The van der Waals surface area contributed by atoms with Crippen molar-refractivity contribution < 1.29 is 9.53 Å². The molecule has 5 heteroatoms. The van der Waals surface area contributed by atoms with Crippen molar-refractivity contribution in [3.63, 3.8) is 0 Å². The first-order chi connectivity index (χ1) is 13.6. The van der Waals surface area contributed by atoms with Crippen LogP contribution in [0.4, 0.5) is 5.69 Å². The molecular weight excluding hydrogens is 350 g/mol. The molecule has 1 amide bonds. The van der Waals surface area contributed by atoms with Gasteiger partial charge in [-0.05, 0) is 49.6 Å². The molecule has 1 aliphatic heterocycles. The maximum atomic E-state index is 12.4. The number of nitrogens with zero attached hydrogens (tertiary/aromatic N) is 2. The molecule has 1 aliphatic rings. The zero-order chi connectivity index (χ0) is 19.8. The van der Waals surface area contributed by atoms with Crippen molar-refractivity contribution in [3.8, 4) is 5.75 Å². The quantitative estimate of drug-likeness (QED) is 0.764. The Morgan fingerprint density at radius 2 is 1.71 bits per heavy atom. The van der Waals surface area contributed by atoms with Crippen LogP contribution >= 0.6 is 0 Å². The Balaban J connectivity index is 1.37. The number of hydrogen-bond acceptors (Lipinski definition) is 4. The Labute approximate surface area is 168 Å². The third-order valence-corrected chi connectivity index (χ3v) is 5.29. The number of nitrogens with one attached hydrogen (secondary N) is 1. The summed E-state index contributed by atoms with van der Waals surface area (Å²) in [5, 5.41) is 3.14. The van der Waals surface area contributed by atoms with Gasteiger partial charge in [-0.3, -0.25) is 9.69 Å². The van der Waals surface area contributed by atoms with Gasteiger partial charge in [0.1, 0.15) is 5.75 Å². The van der Waals surface area contributed by atoms with Gasteiger partial charge in [-0.15, -0.1) is 0 Å². The molecule has 2 aromatic carbocycles. The predicted octanol–water partition coefficient (Wildman–Crippen LogP) is 2.95. The fourth-order valence-corrected chi connectivity index (χ4v) is 3.58. The van der Waals surface area contributed by atoms with E-state index in [0.29, 0.717) is 6.54 Å². The van der Waals surface area contributed by atoms with Crippen molar-refractivity contribution in [2.45, 2.75) is 25.8 Å². The maximum absolute atomic E-state index is 12.4. The van der Waals surface area contributed by atoms with Crippen LogP contribution in [0.1, 0.15) is 18.9 Å². The number of rotatable bonds is 8. The average molecular weight is 382 g/mol. The zero-order valence-corrected chi connectivity index (χ0v) is 16.9. The van der Waals surface area contributed by atoms with E-state index in [9.17, 15) is 4.79 Å². The van der Waals surface area contributed by atoms with Crippen molar-refractivity contribution in [3.05, 3.63) is 60.2 Å². The average Bonchev–Trinajstić information content (AvgIpc) is 2.73. The van der Waals surface area contributed by atoms with E-state index in [1.807, 2.05) is 18.2 Å². The first-order valence-electron chi connectivity index (χ1n) is 10.1. The van der Waals surface area contributed by atoms with E-state index in [1.54, 1.807) is 7.11 Å². The lowest BCUT2D eigenvalue weighted by atomic mass is 10.1. The minimum absolute atomic E-state index is 0.124. The van der Waals surface area contributed by atoms with Gasteiger partial charge in [-0.25, -0.2) is 0 Å². The summed E-state index contributed by atoms with van der Waals surface area (Å²) < 4.78 is 5.22. The van der Waals surface area contributed by atoms with Crippen LogP contribution in [-0.2, 0) is 11.2 Å². The van der Waals surface area contributed by atoms with Crippen molar-refractivity contribution >= 4 is 11.6 Å². The highest BCUT2D eigenvalue weighted by Crippen LogP contribution is 2.20. The molecule has 0 bridgehead atoms. The number of amides is 1. The van der Waals surface area contributed by atoms with Crippen LogP contribution in [0.3, 0.4) is 0 Å². The molecule has 0 aromatic heterocycles. The molecule has 3 rings (SSSR count). The van der Waals surface area contributed by atoms with Gasteiger partial charge in [0, 0.05) is 37.9 Å². The number of hydrogen-bond donors (Lipinski definition) is 1. The SMILES string of the molecule is COc1ccc(N2CCN(CC(=O)NC(C)CCc3ccccc3)CC2)cc1. The van der Waals surface area contributed by atoms with E-state index in [4.69, 9.17) is 4.74 Å².